The van der Waals surface area contributed by atoms with Crippen molar-refractivity contribution in [2.45, 2.75) is 26.2 Å². The Balaban J connectivity index is 1.44. The summed E-state index contributed by atoms with van der Waals surface area (Å²) in [5.41, 5.74) is 3.72. The number of amides is 1. The van der Waals surface area contributed by atoms with E-state index in [2.05, 4.69) is 17.2 Å². The summed E-state index contributed by atoms with van der Waals surface area (Å²) in [4.78, 5) is 38.6. The number of aromatic amines is 1. The van der Waals surface area contributed by atoms with Gasteiger partial charge in [-0.05, 0) is 55.0 Å². The fourth-order valence-electron chi connectivity index (χ4n) is 4.03. The topological polar surface area (TPSA) is 124 Å². The van der Waals surface area contributed by atoms with Crippen LogP contribution >= 0.6 is 0 Å². The zero-order valence-electron chi connectivity index (χ0n) is 17.8. The standard InChI is InChI=1S/C23H23N3O6/c1-13-3-6-18-16(9-13)17-10-14(4-7-19(17)24-18)23(28)32-12-22(27)25-20-11-15(26(29)30)5-8-21(20)31-2/h4-5,7-8,10-11,13,24H,3,6,9,12H2,1-2H3,(H,25,27)/t13-/m0/s1. The zero-order chi connectivity index (χ0) is 22.8. The molecule has 9 heteroatoms. The molecular weight excluding hydrogens is 414 g/mol. The normalized spacial score (nSPS) is 15.1. The third-order valence-corrected chi connectivity index (χ3v) is 5.67. The lowest BCUT2D eigenvalue weighted by atomic mass is 9.87. The number of non-ortho nitro benzene ring substituents is 1. The van der Waals surface area contributed by atoms with E-state index in [1.54, 1.807) is 12.1 Å². The number of rotatable bonds is 6. The van der Waals surface area contributed by atoms with Gasteiger partial charge < -0.3 is 19.8 Å². The third-order valence-electron chi connectivity index (χ3n) is 5.67. The smallest absolute Gasteiger partial charge is 0.338 e. The second-order valence-electron chi connectivity index (χ2n) is 7.96. The van der Waals surface area contributed by atoms with Crippen molar-refractivity contribution in [3.63, 3.8) is 0 Å². The van der Waals surface area contributed by atoms with Gasteiger partial charge in [-0.3, -0.25) is 14.9 Å². The predicted octanol–water partition coefficient (Wildman–Crippen LogP) is 4.01. The second-order valence-corrected chi connectivity index (χ2v) is 7.96. The number of aryl methyl sites for hydroxylation is 1. The van der Waals surface area contributed by atoms with E-state index in [-0.39, 0.29) is 17.1 Å². The minimum atomic E-state index is -0.633. The van der Waals surface area contributed by atoms with E-state index in [1.165, 1.54) is 36.6 Å². The molecule has 4 rings (SSSR count). The lowest BCUT2D eigenvalue weighted by Crippen LogP contribution is -2.21. The highest BCUT2D eigenvalue weighted by molar-refractivity contribution is 5.99. The van der Waals surface area contributed by atoms with Gasteiger partial charge in [-0.2, -0.15) is 0 Å². The predicted molar refractivity (Wildman–Crippen MR) is 118 cm³/mol. The lowest BCUT2D eigenvalue weighted by molar-refractivity contribution is -0.384. The quantitative estimate of drug-likeness (QED) is 0.341. The molecular formula is C23H23N3O6. The number of benzene rings is 2. The molecule has 1 aliphatic carbocycles. The largest absolute Gasteiger partial charge is 0.495 e. The molecule has 0 radical (unpaired) electrons. The molecule has 32 heavy (non-hydrogen) atoms. The zero-order valence-corrected chi connectivity index (χ0v) is 17.8. The fraction of sp³-hybridized carbons (Fsp3) is 0.304. The van der Waals surface area contributed by atoms with Crippen molar-refractivity contribution in [2.24, 2.45) is 5.92 Å². The van der Waals surface area contributed by atoms with Crippen LogP contribution in [0.25, 0.3) is 10.9 Å². The number of aromatic nitrogens is 1. The number of H-pyrrole nitrogens is 1. The highest BCUT2D eigenvalue weighted by Gasteiger charge is 2.21. The fourth-order valence-corrected chi connectivity index (χ4v) is 4.03. The molecule has 1 heterocycles. The summed E-state index contributed by atoms with van der Waals surface area (Å²) in [6.07, 6.45) is 3.09. The van der Waals surface area contributed by atoms with E-state index in [1.807, 2.05) is 6.07 Å². The molecule has 1 aromatic heterocycles. The lowest BCUT2D eigenvalue weighted by Gasteiger charge is -2.18. The number of hydrogen-bond donors (Lipinski definition) is 2. The molecule has 166 valence electrons. The van der Waals surface area contributed by atoms with Crippen molar-refractivity contribution in [1.82, 2.24) is 4.98 Å². The maximum atomic E-state index is 12.5. The number of anilines is 1. The van der Waals surface area contributed by atoms with Crippen molar-refractivity contribution < 1.29 is 24.0 Å². The summed E-state index contributed by atoms with van der Waals surface area (Å²) in [7, 11) is 1.38. The first-order valence-corrected chi connectivity index (χ1v) is 10.3. The van der Waals surface area contributed by atoms with Crippen LogP contribution in [0.15, 0.2) is 36.4 Å². The number of ether oxygens (including phenoxy) is 2. The van der Waals surface area contributed by atoms with Gasteiger partial charge in [0, 0.05) is 28.7 Å². The Morgan fingerprint density at radius 3 is 2.81 bits per heavy atom. The van der Waals surface area contributed by atoms with Gasteiger partial charge in [-0.15, -0.1) is 0 Å². The van der Waals surface area contributed by atoms with Crippen molar-refractivity contribution in [2.75, 3.05) is 19.0 Å². The average molecular weight is 437 g/mol. The Morgan fingerprint density at radius 1 is 1.25 bits per heavy atom. The first kappa shape index (κ1) is 21.4. The minimum absolute atomic E-state index is 0.122. The molecule has 2 N–H and O–H groups in total. The summed E-state index contributed by atoms with van der Waals surface area (Å²) in [5.74, 6) is -0.406. The number of carbonyl (C=O) groups is 2. The Morgan fingerprint density at radius 2 is 2.06 bits per heavy atom. The van der Waals surface area contributed by atoms with Crippen LogP contribution < -0.4 is 10.1 Å². The number of nitrogens with zero attached hydrogens (tertiary/aromatic N) is 1. The Hall–Kier alpha value is -3.88. The molecule has 0 saturated heterocycles. The van der Waals surface area contributed by atoms with Gasteiger partial charge in [0.25, 0.3) is 11.6 Å². The van der Waals surface area contributed by atoms with Gasteiger partial charge >= 0.3 is 5.97 Å². The summed E-state index contributed by atoms with van der Waals surface area (Å²) in [6, 6.07) is 9.15. The van der Waals surface area contributed by atoms with Crippen LogP contribution in [0.4, 0.5) is 11.4 Å². The number of nitro groups is 1. The number of carbonyl (C=O) groups excluding carboxylic acids is 2. The molecule has 1 aliphatic rings. The Kier molecular flexibility index (Phi) is 5.81. The van der Waals surface area contributed by atoms with E-state index >= 15 is 0 Å². The molecule has 1 amide bonds. The van der Waals surface area contributed by atoms with Gasteiger partial charge in [0.15, 0.2) is 6.61 Å². The molecule has 0 saturated carbocycles. The van der Waals surface area contributed by atoms with E-state index < -0.39 is 23.4 Å². The molecule has 3 aromatic rings. The highest BCUT2D eigenvalue weighted by Crippen LogP contribution is 2.32. The van der Waals surface area contributed by atoms with Crippen LogP contribution in [-0.4, -0.2) is 35.5 Å². The summed E-state index contributed by atoms with van der Waals surface area (Å²) >= 11 is 0. The first-order chi connectivity index (χ1) is 15.4. The number of fused-ring (bicyclic) bond motifs is 3. The molecule has 0 fully saturated rings. The number of hydrogen-bond acceptors (Lipinski definition) is 6. The molecule has 0 bridgehead atoms. The van der Waals surface area contributed by atoms with Crippen LogP contribution in [0.1, 0.15) is 35.0 Å². The van der Waals surface area contributed by atoms with Gasteiger partial charge in [0.2, 0.25) is 0 Å². The van der Waals surface area contributed by atoms with Crippen molar-refractivity contribution in [1.29, 1.82) is 0 Å². The Bertz CT molecular complexity index is 1220. The van der Waals surface area contributed by atoms with E-state index in [9.17, 15) is 19.7 Å². The van der Waals surface area contributed by atoms with Crippen LogP contribution in [0, 0.1) is 16.0 Å². The van der Waals surface area contributed by atoms with Crippen LogP contribution in [0.5, 0.6) is 5.75 Å². The first-order valence-electron chi connectivity index (χ1n) is 10.3. The molecule has 0 unspecified atom stereocenters. The van der Waals surface area contributed by atoms with Crippen LogP contribution in [-0.2, 0) is 22.4 Å². The summed E-state index contributed by atoms with van der Waals surface area (Å²) in [6.45, 7) is 1.68. The number of nitrogens with one attached hydrogen (secondary N) is 2. The van der Waals surface area contributed by atoms with E-state index in [4.69, 9.17) is 9.47 Å². The van der Waals surface area contributed by atoms with Crippen molar-refractivity contribution in [3.8, 4) is 5.75 Å². The molecule has 0 aliphatic heterocycles. The van der Waals surface area contributed by atoms with Crippen LogP contribution in [0.3, 0.4) is 0 Å². The molecule has 9 nitrogen and oxygen atoms in total. The van der Waals surface area contributed by atoms with Gasteiger partial charge in [-0.1, -0.05) is 6.92 Å². The van der Waals surface area contributed by atoms with Crippen molar-refractivity contribution in [3.05, 3.63) is 63.3 Å². The number of nitro benzene ring substituents is 1. The van der Waals surface area contributed by atoms with Gasteiger partial charge in [0.05, 0.1) is 23.3 Å². The maximum absolute atomic E-state index is 12.5. The molecule has 2 aromatic carbocycles. The molecule has 1 atom stereocenters. The monoisotopic (exact) mass is 437 g/mol. The van der Waals surface area contributed by atoms with Gasteiger partial charge in [0.1, 0.15) is 5.75 Å². The summed E-state index contributed by atoms with van der Waals surface area (Å²) in [5, 5.41) is 14.5. The summed E-state index contributed by atoms with van der Waals surface area (Å²) < 4.78 is 10.3. The highest BCUT2D eigenvalue weighted by atomic mass is 16.6. The van der Waals surface area contributed by atoms with Gasteiger partial charge in [-0.25, -0.2) is 4.79 Å². The van der Waals surface area contributed by atoms with Crippen LogP contribution in [0.2, 0.25) is 0 Å². The van der Waals surface area contributed by atoms with E-state index in [0.717, 1.165) is 30.2 Å². The SMILES string of the molecule is COc1ccc([N+](=O)[O-])cc1NC(=O)COC(=O)c1ccc2[nH]c3c(c2c1)C[C@@H](C)CC3. The second kappa shape index (κ2) is 8.70. The number of methoxy groups -OCH3 is 1. The maximum Gasteiger partial charge on any atom is 0.338 e. The molecule has 0 spiro atoms. The Labute approximate surface area is 183 Å². The van der Waals surface area contributed by atoms with Crippen molar-refractivity contribution >= 4 is 34.2 Å². The third kappa shape index (κ3) is 4.27. The minimum Gasteiger partial charge on any atom is -0.495 e. The number of esters is 1. The van der Waals surface area contributed by atoms with E-state index in [0.29, 0.717) is 11.5 Å². The average Bonchev–Trinajstić information content (AvgIpc) is 3.14.